The lowest BCUT2D eigenvalue weighted by atomic mass is 10.1. The van der Waals surface area contributed by atoms with Gasteiger partial charge in [-0.2, -0.15) is 0 Å². The molecule has 1 heterocycles. The molecule has 0 atom stereocenters. The van der Waals surface area contributed by atoms with Gasteiger partial charge in [-0.25, -0.2) is 9.97 Å². The van der Waals surface area contributed by atoms with Gasteiger partial charge in [0.25, 0.3) is 0 Å². The number of rotatable bonds is 5. The Morgan fingerprint density at radius 2 is 1.79 bits per heavy atom. The lowest BCUT2D eigenvalue weighted by Gasteiger charge is -2.04. The Morgan fingerprint density at radius 1 is 1.16 bits per heavy atom. The molecule has 2 aromatic rings. The van der Waals surface area contributed by atoms with Crippen molar-refractivity contribution in [2.24, 2.45) is 0 Å². The molecule has 0 bridgehead atoms. The van der Waals surface area contributed by atoms with Gasteiger partial charge in [-0.05, 0) is 17.7 Å². The molecule has 0 aliphatic carbocycles. The van der Waals surface area contributed by atoms with Gasteiger partial charge in [-0.1, -0.05) is 12.1 Å². The second-order valence-electron chi connectivity index (χ2n) is 4.01. The minimum atomic E-state index is -0.845. The van der Waals surface area contributed by atoms with Gasteiger partial charge in [-0.15, -0.1) is 0 Å². The number of carboxylic acid groups (broad SMARTS) is 1. The largest absolute Gasteiger partial charge is 0.497 e. The number of aromatic nitrogens is 2. The highest BCUT2D eigenvalue weighted by molar-refractivity contribution is 5.67. The van der Waals surface area contributed by atoms with Crippen molar-refractivity contribution < 1.29 is 14.6 Å². The molecule has 1 aromatic heterocycles. The molecule has 0 fully saturated rings. The van der Waals surface area contributed by atoms with Gasteiger partial charge >= 0.3 is 5.97 Å². The van der Waals surface area contributed by atoms with E-state index in [1.807, 2.05) is 24.3 Å². The summed E-state index contributed by atoms with van der Waals surface area (Å²) in [7, 11) is 1.62. The lowest BCUT2D eigenvalue weighted by Crippen LogP contribution is -2.01. The first kappa shape index (κ1) is 13.0. The topological polar surface area (TPSA) is 72.3 Å². The average Bonchev–Trinajstić information content (AvgIpc) is 2.46. The van der Waals surface area contributed by atoms with E-state index in [2.05, 4.69) is 9.97 Å². The third-order valence-electron chi connectivity index (χ3n) is 2.69. The Balaban J connectivity index is 2.10. The maximum Gasteiger partial charge on any atom is 0.303 e. The van der Waals surface area contributed by atoms with Crippen LogP contribution < -0.4 is 4.74 Å². The van der Waals surface area contributed by atoms with Crippen molar-refractivity contribution in [2.45, 2.75) is 12.8 Å². The van der Waals surface area contributed by atoms with Crippen molar-refractivity contribution in [1.82, 2.24) is 9.97 Å². The fraction of sp³-hybridized carbons (Fsp3) is 0.214. The van der Waals surface area contributed by atoms with Crippen molar-refractivity contribution in [3.8, 4) is 16.9 Å². The minimum absolute atomic E-state index is 0.0435. The predicted molar refractivity (Wildman–Crippen MR) is 70.0 cm³/mol. The Hall–Kier alpha value is -2.43. The van der Waals surface area contributed by atoms with Crippen molar-refractivity contribution in [3.05, 3.63) is 42.5 Å². The van der Waals surface area contributed by atoms with Crippen LogP contribution in [0.3, 0.4) is 0 Å². The van der Waals surface area contributed by atoms with Gasteiger partial charge in [0.1, 0.15) is 11.6 Å². The molecule has 19 heavy (non-hydrogen) atoms. The van der Waals surface area contributed by atoms with Crippen molar-refractivity contribution in [1.29, 1.82) is 0 Å². The van der Waals surface area contributed by atoms with E-state index < -0.39 is 5.97 Å². The highest BCUT2D eigenvalue weighted by atomic mass is 16.5. The van der Waals surface area contributed by atoms with Crippen LogP contribution in [0.5, 0.6) is 5.75 Å². The number of methoxy groups -OCH3 is 1. The number of ether oxygens (including phenoxy) is 1. The normalized spacial score (nSPS) is 10.2. The van der Waals surface area contributed by atoms with E-state index in [-0.39, 0.29) is 6.42 Å². The molecule has 0 radical (unpaired) electrons. The van der Waals surface area contributed by atoms with Gasteiger partial charge in [-0.3, -0.25) is 4.79 Å². The standard InChI is InChI=1S/C14H14N2O3/c1-19-12-4-2-10(3-5-12)11-8-15-13(16-9-11)6-7-14(17)18/h2-5,8-9H,6-7H2,1H3,(H,17,18). The van der Waals surface area contributed by atoms with Crippen LogP contribution in [0, 0.1) is 0 Å². The molecule has 0 amide bonds. The number of benzene rings is 1. The Morgan fingerprint density at radius 3 is 2.32 bits per heavy atom. The Labute approximate surface area is 110 Å². The molecular formula is C14H14N2O3. The van der Waals surface area contributed by atoms with Gasteiger partial charge in [0.05, 0.1) is 13.5 Å². The van der Waals surface area contributed by atoms with Crippen LogP contribution in [0.2, 0.25) is 0 Å². The summed E-state index contributed by atoms with van der Waals surface area (Å²) in [5.74, 6) is 0.491. The summed E-state index contributed by atoms with van der Waals surface area (Å²) >= 11 is 0. The fourth-order valence-electron chi connectivity index (χ4n) is 1.64. The lowest BCUT2D eigenvalue weighted by molar-refractivity contribution is -0.137. The highest BCUT2D eigenvalue weighted by Gasteiger charge is 2.03. The zero-order valence-corrected chi connectivity index (χ0v) is 10.5. The van der Waals surface area contributed by atoms with Gasteiger partial charge in [0.2, 0.25) is 0 Å². The van der Waals surface area contributed by atoms with Crippen LogP contribution in [0.1, 0.15) is 12.2 Å². The molecular weight excluding hydrogens is 244 g/mol. The van der Waals surface area contributed by atoms with E-state index >= 15 is 0 Å². The number of hydrogen-bond acceptors (Lipinski definition) is 4. The third-order valence-corrected chi connectivity index (χ3v) is 2.69. The van der Waals surface area contributed by atoms with E-state index in [4.69, 9.17) is 9.84 Å². The van der Waals surface area contributed by atoms with Gasteiger partial charge in [0, 0.05) is 24.4 Å². The Bertz CT molecular complexity index is 550. The summed E-state index contributed by atoms with van der Waals surface area (Å²) in [4.78, 5) is 18.8. The first-order valence-corrected chi connectivity index (χ1v) is 5.86. The van der Waals surface area contributed by atoms with E-state index in [1.54, 1.807) is 19.5 Å². The van der Waals surface area contributed by atoms with E-state index in [0.717, 1.165) is 16.9 Å². The van der Waals surface area contributed by atoms with Crippen molar-refractivity contribution >= 4 is 5.97 Å². The molecule has 0 aliphatic heterocycles. The van der Waals surface area contributed by atoms with Crippen LogP contribution >= 0.6 is 0 Å². The van der Waals surface area contributed by atoms with Crippen LogP contribution in [-0.2, 0) is 11.2 Å². The SMILES string of the molecule is COc1ccc(-c2cnc(CCC(=O)O)nc2)cc1. The smallest absolute Gasteiger partial charge is 0.303 e. The third kappa shape index (κ3) is 3.51. The highest BCUT2D eigenvalue weighted by Crippen LogP contribution is 2.20. The number of hydrogen-bond donors (Lipinski definition) is 1. The molecule has 1 aromatic carbocycles. The quantitative estimate of drug-likeness (QED) is 0.889. The molecule has 0 saturated heterocycles. The van der Waals surface area contributed by atoms with E-state index in [0.29, 0.717) is 12.2 Å². The summed E-state index contributed by atoms with van der Waals surface area (Å²) in [5, 5.41) is 8.59. The number of carboxylic acids is 1. The molecule has 0 saturated carbocycles. The fourth-order valence-corrected chi connectivity index (χ4v) is 1.64. The Kier molecular flexibility index (Phi) is 4.07. The molecule has 0 spiro atoms. The summed E-state index contributed by atoms with van der Waals surface area (Å²) in [6, 6.07) is 7.59. The maximum atomic E-state index is 10.5. The first-order chi connectivity index (χ1) is 9.19. The van der Waals surface area contributed by atoms with Crippen LogP contribution in [0.25, 0.3) is 11.1 Å². The summed E-state index contributed by atoms with van der Waals surface area (Å²) < 4.78 is 5.09. The van der Waals surface area contributed by atoms with Crippen molar-refractivity contribution in [3.63, 3.8) is 0 Å². The van der Waals surface area contributed by atoms with E-state index in [1.165, 1.54) is 0 Å². The monoisotopic (exact) mass is 258 g/mol. The zero-order chi connectivity index (χ0) is 13.7. The number of aliphatic carboxylic acids is 1. The molecule has 0 aliphatic rings. The minimum Gasteiger partial charge on any atom is -0.497 e. The van der Waals surface area contributed by atoms with Gasteiger partial charge in [0.15, 0.2) is 0 Å². The number of nitrogens with zero attached hydrogens (tertiary/aromatic N) is 2. The van der Waals surface area contributed by atoms with E-state index in [9.17, 15) is 4.79 Å². The van der Waals surface area contributed by atoms with Crippen LogP contribution in [0.15, 0.2) is 36.7 Å². The second-order valence-corrected chi connectivity index (χ2v) is 4.01. The summed E-state index contributed by atoms with van der Waals surface area (Å²) in [6.07, 6.45) is 3.79. The molecule has 98 valence electrons. The van der Waals surface area contributed by atoms with Gasteiger partial charge < -0.3 is 9.84 Å². The molecule has 5 heteroatoms. The first-order valence-electron chi connectivity index (χ1n) is 5.86. The molecule has 2 rings (SSSR count). The summed E-state index contributed by atoms with van der Waals surface area (Å²) in [5.41, 5.74) is 1.88. The predicted octanol–water partition coefficient (Wildman–Crippen LogP) is 2.17. The van der Waals surface area contributed by atoms with Crippen LogP contribution in [0.4, 0.5) is 0 Å². The number of carbonyl (C=O) groups is 1. The molecule has 1 N–H and O–H groups in total. The summed E-state index contributed by atoms with van der Waals surface area (Å²) in [6.45, 7) is 0. The number of aryl methyl sites for hydroxylation is 1. The second kappa shape index (κ2) is 5.95. The molecule has 0 unspecified atom stereocenters. The maximum absolute atomic E-state index is 10.5. The van der Waals surface area contributed by atoms with Crippen LogP contribution in [-0.4, -0.2) is 28.2 Å². The average molecular weight is 258 g/mol. The van der Waals surface area contributed by atoms with Crippen molar-refractivity contribution in [2.75, 3.05) is 7.11 Å². The molecule has 5 nitrogen and oxygen atoms in total. The zero-order valence-electron chi connectivity index (χ0n) is 10.5.